The average molecular weight is 1420 g/mol. The van der Waals surface area contributed by atoms with E-state index in [-0.39, 0.29) is 79.7 Å². The summed E-state index contributed by atoms with van der Waals surface area (Å²) in [6.45, 7) is 0. The van der Waals surface area contributed by atoms with Gasteiger partial charge in [-0.3, -0.25) is 0 Å². The summed E-state index contributed by atoms with van der Waals surface area (Å²) in [5.74, 6) is -0.903. The molecule has 14 heteroatoms. The van der Waals surface area contributed by atoms with E-state index in [4.69, 9.17) is 0 Å². The number of carbonyl (C=O) groups is 4. The van der Waals surface area contributed by atoms with Crippen LogP contribution >= 0.6 is 95.6 Å². The molecule has 11 aromatic carbocycles. The number of nitrogens with zero attached hydrogens (tertiary/aromatic N) is 2. The Bertz CT molecular complexity index is 3770. The molecule has 0 aliphatic carbocycles. The molecule has 13 rings (SSSR count). The third-order valence-corrected chi connectivity index (χ3v) is 21.9. The van der Waals surface area contributed by atoms with Crippen molar-refractivity contribution in [2.75, 3.05) is 0 Å². The fraction of sp³-hybridized carbons (Fsp3) is 0. The normalized spacial score (nSPS) is 14.9. The molecule has 0 fully saturated rings. The van der Waals surface area contributed by atoms with Crippen LogP contribution in [0.5, 0.6) is 0 Å². The Morgan fingerprint density at radius 2 is 0.603 bits per heavy atom. The number of rotatable bonds is 0. The number of imide groups is 2. The Morgan fingerprint density at radius 1 is 0.345 bits per heavy atom. The van der Waals surface area contributed by atoms with Crippen molar-refractivity contribution in [3.8, 4) is 0 Å². The zero-order valence-corrected chi connectivity index (χ0v) is 52.2. The van der Waals surface area contributed by atoms with Crippen molar-refractivity contribution < 1.29 is 62.4 Å². The van der Waals surface area contributed by atoms with E-state index in [1.54, 1.807) is 0 Å². The molecule has 0 unspecified atom stereocenters. The second-order valence-electron chi connectivity index (χ2n) is 15.3. The van der Waals surface area contributed by atoms with Gasteiger partial charge in [-0.1, -0.05) is 0 Å². The molecule has 2 heterocycles. The van der Waals surface area contributed by atoms with Crippen molar-refractivity contribution in [3.05, 3.63) is 110 Å². The number of hydrogen-bond acceptors (Lipinski definition) is 4. The van der Waals surface area contributed by atoms with Crippen molar-refractivity contribution in [1.29, 1.82) is 0 Å². The predicted molar refractivity (Wildman–Crippen MR) is 249 cm³/mol. The zero-order chi connectivity index (χ0) is 39.9. The molecular weight excluding hydrogens is 1410 g/mol. The summed E-state index contributed by atoms with van der Waals surface area (Å²) < 4.78 is 7.88. The van der Waals surface area contributed by atoms with Crippen LogP contribution in [0.3, 0.4) is 0 Å². The van der Waals surface area contributed by atoms with Gasteiger partial charge in [0.25, 0.3) is 0 Å². The summed E-state index contributed by atoms with van der Waals surface area (Å²) in [6, 6.07) is 20.8. The topological polar surface area (TPSA) is 74.8 Å². The number of amides is 4. The van der Waals surface area contributed by atoms with Crippen molar-refractivity contribution >= 4 is 283 Å². The van der Waals surface area contributed by atoms with Crippen LogP contribution in [0.15, 0.2) is 87.5 Å². The third kappa shape index (κ3) is 4.35. The van der Waals surface area contributed by atoms with Gasteiger partial charge >= 0.3 is 454 Å². The van der Waals surface area contributed by atoms with Crippen LogP contribution in [0.1, 0.15) is 41.4 Å². The quantitative estimate of drug-likeness (QED) is 0.0861. The Labute approximate surface area is 445 Å². The van der Waals surface area contributed by atoms with E-state index < -0.39 is 43.2 Å². The van der Waals surface area contributed by atoms with Crippen LogP contribution in [0.4, 0.5) is 0 Å². The molecule has 2 aliphatic rings. The fourth-order valence-electron chi connectivity index (χ4n) is 10.6. The van der Waals surface area contributed by atoms with Crippen LogP contribution in [-0.4, -0.2) is 78.7 Å². The first kappa shape index (κ1) is 37.8. The summed E-state index contributed by atoms with van der Waals surface area (Å²) >= 11 is 23.0. The first-order valence-corrected chi connectivity index (χ1v) is 28.7. The van der Waals surface area contributed by atoms with Gasteiger partial charge in [-0.15, -0.1) is 0 Å². The summed E-state index contributed by atoms with van der Waals surface area (Å²) in [4.78, 5) is 54.6. The van der Waals surface area contributed by atoms with Gasteiger partial charge in [-0.25, -0.2) is 0 Å². The number of benzene rings is 11. The molecule has 0 bridgehead atoms. The molecule has 4 amide bonds. The maximum absolute atomic E-state index is 13.7. The first-order chi connectivity index (χ1) is 27.8. The van der Waals surface area contributed by atoms with Crippen LogP contribution in [0.2, 0.25) is 0 Å². The first-order valence-electron chi connectivity index (χ1n) is 18.0. The van der Waals surface area contributed by atoms with E-state index >= 15 is 0 Å². The fourth-order valence-corrected chi connectivity index (χ4v) is 17.6. The number of fused-ring (bicyclic) bond motifs is 6. The van der Waals surface area contributed by atoms with E-state index in [9.17, 15) is 19.2 Å². The second-order valence-corrected chi connectivity index (χ2v) is 26.3. The van der Waals surface area contributed by atoms with Gasteiger partial charge in [0, 0.05) is 0 Å². The minimum atomic E-state index is -0.535. The van der Waals surface area contributed by atoms with Gasteiger partial charge in [0.1, 0.15) is 0 Å². The molecule has 0 N–H and O–H groups in total. The Morgan fingerprint density at radius 3 is 0.948 bits per heavy atom. The predicted octanol–water partition coefficient (Wildman–Crippen LogP) is 13.6. The molecular formula is C44H11Br6N2O4RaRb. The molecule has 0 spiro atoms. The Hall–Kier alpha value is -0.767. The number of hydrogen-bond donors (Lipinski definition) is 0. The monoisotopic (exact) mass is 1420 g/mol. The number of halogens is 6. The Kier molecular flexibility index (Phi) is 8.13. The van der Waals surface area contributed by atoms with Gasteiger partial charge in [-0.2, -0.15) is 0 Å². The van der Waals surface area contributed by atoms with Crippen molar-refractivity contribution in [2.45, 2.75) is 0 Å². The van der Waals surface area contributed by atoms with Crippen LogP contribution in [0, 0.1) is 43.2 Å². The summed E-state index contributed by atoms with van der Waals surface area (Å²) in [5, 5.41) is 19.9. The van der Waals surface area contributed by atoms with Gasteiger partial charge in [0.05, 0.1) is 0 Å². The maximum atomic E-state index is 13.7. The molecule has 58 heavy (non-hydrogen) atoms. The molecule has 0 saturated heterocycles. The van der Waals surface area contributed by atoms with Crippen molar-refractivity contribution in [2.24, 2.45) is 0 Å². The van der Waals surface area contributed by atoms with Gasteiger partial charge in [-0.05, 0) is 0 Å². The average Bonchev–Trinajstić information content (AvgIpc) is 3.20. The van der Waals surface area contributed by atoms with Crippen LogP contribution < -0.4 is 0 Å². The minimum absolute atomic E-state index is 0.225. The molecule has 266 valence electrons. The van der Waals surface area contributed by atoms with Gasteiger partial charge in [0.2, 0.25) is 0 Å². The van der Waals surface area contributed by atoms with Crippen molar-refractivity contribution in [3.63, 3.8) is 0 Å². The van der Waals surface area contributed by atoms with Crippen LogP contribution in [0.25, 0.3) is 108 Å². The molecule has 0 aromatic heterocycles. The van der Waals surface area contributed by atoms with Crippen LogP contribution in [-0.2, 0) is 0 Å². The standard InChI is InChI=1S/C44H12Br6N2O4.Ra.Rb.H/c45-21-5-15-29-16(37-26(50)10-20-31-19(43(55)52-44(20)56)9-25(49)36(15)40(31)37)6-22(46)33-12-2-4-14-28-13(3-1-11(27(12)28)32(21)38(29)33)34-23(47)7-17-30-18(42(54)51-41(17)53)8-24(48)35(14)39(30)34;;;/h1-10H,(H2,51,52,53,54,55,56);;;/q;2*+1;/p-2. The molecule has 2 aliphatic heterocycles. The summed E-state index contributed by atoms with van der Waals surface area (Å²) in [7, 11) is 0. The SMILES string of the molecule is O=C1c2cc(Br)c3c4ccc5c6c(Br)cc7c8c(Br)cc9c%10c(cc(Br)c(c%11cc(Br)c(c%12ccc(c%13c(Br)cc(c2c3%13)C(=O)[N]1[Rb])c4c5%12)c6c7%11)c%108)C(=O)[N]([RaH])C9=O. The molecule has 11 aromatic rings. The summed E-state index contributed by atoms with van der Waals surface area (Å²) in [5.41, 5.74) is 2.20. The zero-order valence-electron chi connectivity index (χ0n) is 29.6. The third-order valence-electron chi connectivity index (χ3n) is 12.8. The van der Waals surface area contributed by atoms with Gasteiger partial charge < -0.3 is 0 Å². The second kappa shape index (κ2) is 12.5. The molecule has 0 atom stereocenters. The molecule has 6 nitrogen and oxygen atoms in total. The Balaban J connectivity index is 1.27. The molecule has 0 saturated carbocycles. The van der Waals surface area contributed by atoms with E-state index in [1.165, 1.54) is -0.925 Å². The van der Waals surface area contributed by atoms with Crippen molar-refractivity contribution in [1.82, 2.24) is -0.925 Å². The number of carbonyl (C=O) groups excluding carboxylic acids is 4. The van der Waals surface area contributed by atoms with Gasteiger partial charge in [0.15, 0.2) is 0 Å². The summed E-state index contributed by atoms with van der Waals surface area (Å²) in [6.07, 6.45) is 0. The van der Waals surface area contributed by atoms with E-state index in [2.05, 4.69) is 132 Å². The van der Waals surface area contributed by atoms with E-state index in [1.807, 2.05) is 24.3 Å². The van der Waals surface area contributed by atoms with E-state index in [0.717, 1.165) is 124 Å². The van der Waals surface area contributed by atoms with E-state index in [0.29, 0.717) is 33.0 Å². The molecule has 0 radical (unpaired) electrons.